The lowest BCUT2D eigenvalue weighted by Gasteiger charge is -2.14. The Bertz CT molecular complexity index is 332. The number of fused-ring (bicyclic) bond motifs is 1. The summed E-state index contributed by atoms with van der Waals surface area (Å²) in [5.74, 6) is 0.649. The average Bonchev–Trinajstić information content (AvgIpc) is 2.17. The van der Waals surface area contributed by atoms with Gasteiger partial charge in [0.25, 0.3) is 0 Å². The SMILES string of the molecule is CC(C)c1ccc2c(c1)CC=CC2. The van der Waals surface area contributed by atoms with E-state index in [0.717, 1.165) is 12.8 Å². The highest BCUT2D eigenvalue weighted by Gasteiger charge is 2.06. The van der Waals surface area contributed by atoms with Crippen molar-refractivity contribution in [1.82, 2.24) is 0 Å². The van der Waals surface area contributed by atoms with Crippen molar-refractivity contribution < 1.29 is 0 Å². The molecule has 0 fully saturated rings. The van der Waals surface area contributed by atoms with Gasteiger partial charge in [-0.1, -0.05) is 44.2 Å². The maximum Gasteiger partial charge on any atom is -0.00944 e. The predicted octanol–water partition coefficient (Wildman–Crippen LogP) is 3.46. The normalized spacial score (nSPS) is 14.7. The van der Waals surface area contributed by atoms with Crippen LogP contribution in [-0.2, 0) is 12.8 Å². The molecule has 0 nitrogen and oxygen atoms in total. The summed E-state index contributed by atoms with van der Waals surface area (Å²) in [5.41, 5.74) is 4.50. The lowest BCUT2D eigenvalue weighted by molar-refractivity contribution is 0.860. The molecule has 0 aliphatic heterocycles. The fourth-order valence-corrected chi connectivity index (χ4v) is 1.81. The molecule has 13 heavy (non-hydrogen) atoms. The molecule has 68 valence electrons. The minimum Gasteiger partial charge on any atom is -0.0838 e. The van der Waals surface area contributed by atoms with Crippen LogP contribution in [0.1, 0.15) is 36.5 Å². The fraction of sp³-hybridized carbons (Fsp3) is 0.385. The van der Waals surface area contributed by atoms with Crippen molar-refractivity contribution >= 4 is 0 Å². The molecule has 1 aromatic carbocycles. The maximum atomic E-state index is 2.36. The van der Waals surface area contributed by atoms with Crippen molar-refractivity contribution in [3.8, 4) is 0 Å². The first-order valence-electron chi connectivity index (χ1n) is 5.04. The molecular weight excluding hydrogens is 156 g/mol. The minimum absolute atomic E-state index is 0.649. The molecule has 1 aliphatic rings. The van der Waals surface area contributed by atoms with Gasteiger partial charge < -0.3 is 0 Å². The smallest absolute Gasteiger partial charge is 0.00944 e. The Morgan fingerprint density at radius 1 is 1.00 bits per heavy atom. The molecule has 0 amide bonds. The summed E-state index contributed by atoms with van der Waals surface area (Å²) in [5, 5.41) is 0. The number of hydrogen-bond acceptors (Lipinski definition) is 0. The fourth-order valence-electron chi connectivity index (χ4n) is 1.81. The quantitative estimate of drug-likeness (QED) is 0.569. The zero-order valence-electron chi connectivity index (χ0n) is 8.38. The van der Waals surface area contributed by atoms with Crippen molar-refractivity contribution in [1.29, 1.82) is 0 Å². The second-order valence-electron chi connectivity index (χ2n) is 4.06. The van der Waals surface area contributed by atoms with Gasteiger partial charge in [-0.25, -0.2) is 0 Å². The highest BCUT2D eigenvalue weighted by Crippen LogP contribution is 2.22. The number of benzene rings is 1. The van der Waals surface area contributed by atoms with E-state index in [1.807, 2.05) is 0 Å². The van der Waals surface area contributed by atoms with Crippen LogP contribution in [-0.4, -0.2) is 0 Å². The third kappa shape index (κ3) is 1.67. The highest BCUT2D eigenvalue weighted by atomic mass is 14.1. The first-order chi connectivity index (χ1) is 6.27. The van der Waals surface area contributed by atoms with Crippen LogP contribution in [0.3, 0.4) is 0 Å². The molecule has 0 spiro atoms. The highest BCUT2D eigenvalue weighted by molar-refractivity contribution is 5.38. The summed E-state index contributed by atoms with van der Waals surface area (Å²) in [7, 11) is 0. The third-order valence-corrected chi connectivity index (χ3v) is 2.74. The van der Waals surface area contributed by atoms with Crippen LogP contribution in [0.4, 0.5) is 0 Å². The van der Waals surface area contributed by atoms with Gasteiger partial charge >= 0.3 is 0 Å². The molecule has 1 aliphatic carbocycles. The number of allylic oxidation sites excluding steroid dienone is 2. The van der Waals surface area contributed by atoms with Crippen molar-refractivity contribution in [3.63, 3.8) is 0 Å². The zero-order valence-corrected chi connectivity index (χ0v) is 8.38. The van der Waals surface area contributed by atoms with Crippen molar-refractivity contribution in [2.75, 3.05) is 0 Å². The van der Waals surface area contributed by atoms with Gasteiger partial charge in [-0.15, -0.1) is 0 Å². The molecular formula is C13H16. The molecule has 1 aromatic rings. The molecule has 0 unspecified atom stereocenters. The van der Waals surface area contributed by atoms with Crippen molar-refractivity contribution in [3.05, 3.63) is 47.0 Å². The lowest BCUT2D eigenvalue weighted by Crippen LogP contribution is -1.99. The van der Waals surface area contributed by atoms with Gasteiger partial charge in [0.15, 0.2) is 0 Å². The molecule has 2 rings (SSSR count). The minimum atomic E-state index is 0.649. The predicted molar refractivity (Wildman–Crippen MR) is 57.1 cm³/mol. The lowest BCUT2D eigenvalue weighted by atomic mass is 9.92. The van der Waals surface area contributed by atoms with Crippen LogP contribution in [0.2, 0.25) is 0 Å². The number of hydrogen-bond donors (Lipinski definition) is 0. The molecule has 0 atom stereocenters. The molecule has 0 N–H and O–H groups in total. The third-order valence-electron chi connectivity index (χ3n) is 2.74. The molecule has 0 radical (unpaired) electrons. The van der Waals surface area contributed by atoms with E-state index in [9.17, 15) is 0 Å². The zero-order chi connectivity index (χ0) is 9.26. The topological polar surface area (TPSA) is 0 Å². The summed E-state index contributed by atoms with van der Waals surface area (Å²) >= 11 is 0. The van der Waals surface area contributed by atoms with Crippen LogP contribution in [0, 0.1) is 0 Å². The Hall–Kier alpha value is -1.04. The number of rotatable bonds is 1. The first-order valence-corrected chi connectivity index (χ1v) is 5.04. The van der Waals surface area contributed by atoms with E-state index in [1.165, 1.54) is 16.7 Å². The largest absolute Gasteiger partial charge is 0.0838 e. The maximum absolute atomic E-state index is 2.36. The van der Waals surface area contributed by atoms with Gasteiger partial charge in [-0.2, -0.15) is 0 Å². The van der Waals surface area contributed by atoms with E-state index in [1.54, 1.807) is 0 Å². The second kappa shape index (κ2) is 3.37. The Kier molecular flexibility index (Phi) is 2.22. The van der Waals surface area contributed by atoms with Gasteiger partial charge in [0.1, 0.15) is 0 Å². The first kappa shape index (κ1) is 8.55. The Labute approximate surface area is 80.3 Å². The molecule has 0 saturated carbocycles. The van der Waals surface area contributed by atoms with Crippen molar-refractivity contribution in [2.45, 2.75) is 32.6 Å². The van der Waals surface area contributed by atoms with E-state index in [4.69, 9.17) is 0 Å². The molecule has 0 aromatic heterocycles. The monoisotopic (exact) mass is 172 g/mol. The van der Waals surface area contributed by atoms with E-state index >= 15 is 0 Å². The van der Waals surface area contributed by atoms with Crippen molar-refractivity contribution in [2.24, 2.45) is 0 Å². The van der Waals surface area contributed by atoms with Crippen LogP contribution < -0.4 is 0 Å². The van der Waals surface area contributed by atoms with Crippen LogP contribution in [0.15, 0.2) is 30.4 Å². The summed E-state index contributed by atoms with van der Waals surface area (Å²) in [6.07, 6.45) is 6.77. The van der Waals surface area contributed by atoms with Gasteiger partial charge in [0.2, 0.25) is 0 Å². The molecule has 0 bridgehead atoms. The Balaban J connectivity index is 2.38. The van der Waals surface area contributed by atoms with E-state index in [2.05, 4.69) is 44.2 Å². The van der Waals surface area contributed by atoms with Gasteiger partial charge in [0.05, 0.1) is 0 Å². The van der Waals surface area contributed by atoms with Crippen LogP contribution >= 0.6 is 0 Å². The van der Waals surface area contributed by atoms with Gasteiger partial charge in [0, 0.05) is 0 Å². The average molecular weight is 172 g/mol. The van der Waals surface area contributed by atoms with Crippen LogP contribution in [0.5, 0.6) is 0 Å². The summed E-state index contributed by atoms with van der Waals surface area (Å²) < 4.78 is 0. The van der Waals surface area contributed by atoms with E-state index in [-0.39, 0.29) is 0 Å². The molecule has 0 saturated heterocycles. The van der Waals surface area contributed by atoms with Gasteiger partial charge in [-0.3, -0.25) is 0 Å². The van der Waals surface area contributed by atoms with E-state index < -0.39 is 0 Å². The van der Waals surface area contributed by atoms with Crippen LogP contribution in [0.25, 0.3) is 0 Å². The Morgan fingerprint density at radius 2 is 1.69 bits per heavy atom. The van der Waals surface area contributed by atoms with E-state index in [0.29, 0.717) is 5.92 Å². The summed E-state index contributed by atoms with van der Waals surface area (Å²) in [4.78, 5) is 0. The molecule has 0 heteroatoms. The summed E-state index contributed by atoms with van der Waals surface area (Å²) in [6.45, 7) is 4.50. The Morgan fingerprint density at radius 3 is 2.38 bits per heavy atom. The van der Waals surface area contributed by atoms with Gasteiger partial charge in [-0.05, 0) is 35.4 Å². The molecule has 0 heterocycles. The summed E-state index contributed by atoms with van der Waals surface area (Å²) in [6, 6.07) is 6.92. The standard InChI is InChI=1S/C13H16/c1-10(2)12-8-7-11-5-3-4-6-13(11)9-12/h3-4,7-10H,5-6H2,1-2H3. The second-order valence-corrected chi connectivity index (χ2v) is 4.06.